The van der Waals surface area contributed by atoms with E-state index < -0.39 is 0 Å². The molecule has 2 N–H and O–H groups in total. The lowest BCUT2D eigenvalue weighted by atomic mass is 10.0. The van der Waals surface area contributed by atoms with Crippen molar-refractivity contribution in [1.82, 2.24) is 0 Å². The van der Waals surface area contributed by atoms with E-state index in [-0.39, 0.29) is 0 Å². The van der Waals surface area contributed by atoms with Crippen LogP contribution in [-0.2, 0) is 6.42 Å². The summed E-state index contributed by atoms with van der Waals surface area (Å²) in [7, 11) is 0. The Morgan fingerprint density at radius 3 is 2.31 bits per heavy atom. The van der Waals surface area contributed by atoms with Crippen molar-refractivity contribution in [3.63, 3.8) is 0 Å². The summed E-state index contributed by atoms with van der Waals surface area (Å²) >= 11 is 0. The van der Waals surface area contributed by atoms with Crippen molar-refractivity contribution in [2.75, 3.05) is 5.73 Å². The number of rotatable bonds is 2. The Bertz CT molecular complexity index is 521. The zero-order valence-electron chi connectivity index (χ0n) is 8.85. The first-order chi connectivity index (χ1) is 7.79. The quantitative estimate of drug-likeness (QED) is 0.771. The number of hydrogen-bond donors (Lipinski definition) is 1. The minimum atomic E-state index is 0.685. The zero-order chi connectivity index (χ0) is 11.4. The molecule has 78 valence electrons. The molecule has 0 radical (unpaired) electrons. The van der Waals surface area contributed by atoms with Crippen LogP contribution >= 0.6 is 0 Å². The van der Waals surface area contributed by atoms with E-state index in [2.05, 4.69) is 6.07 Å². The first-order valence-corrected chi connectivity index (χ1v) is 5.12. The van der Waals surface area contributed by atoms with Crippen LogP contribution in [-0.4, -0.2) is 0 Å². The van der Waals surface area contributed by atoms with Crippen LogP contribution in [0.15, 0.2) is 48.5 Å². The summed E-state index contributed by atoms with van der Waals surface area (Å²) < 4.78 is 0. The van der Waals surface area contributed by atoms with Gasteiger partial charge >= 0.3 is 0 Å². The topological polar surface area (TPSA) is 49.8 Å². The summed E-state index contributed by atoms with van der Waals surface area (Å²) in [5, 5.41) is 8.69. The van der Waals surface area contributed by atoms with Gasteiger partial charge in [0, 0.05) is 5.69 Å². The summed E-state index contributed by atoms with van der Waals surface area (Å²) in [6.45, 7) is 0. The molecule has 2 nitrogen and oxygen atoms in total. The van der Waals surface area contributed by atoms with Crippen LogP contribution in [0.5, 0.6) is 0 Å². The molecule has 2 aromatic carbocycles. The maximum atomic E-state index is 8.69. The Hall–Kier alpha value is -2.27. The predicted octanol–water partition coefficient (Wildman–Crippen LogP) is 2.73. The Labute approximate surface area is 95.0 Å². The third-order valence-electron chi connectivity index (χ3n) is 2.53. The fourth-order valence-corrected chi connectivity index (χ4v) is 1.61. The maximum absolute atomic E-state index is 8.69. The third kappa shape index (κ3) is 2.21. The number of nitrogens with two attached hydrogens (primary N) is 1. The van der Waals surface area contributed by atoms with Gasteiger partial charge in [-0.3, -0.25) is 0 Å². The van der Waals surface area contributed by atoms with E-state index in [1.54, 1.807) is 0 Å². The number of hydrogen-bond acceptors (Lipinski definition) is 2. The second-order valence-electron chi connectivity index (χ2n) is 3.68. The van der Waals surface area contributed by atoms with E-state index in [1.807, 2.05) is 48.5 Å². The fourth-order valence-electron chi connectivity index (χ4n) is 1.61. The Balaban J connectivity index is 2.22. The molecular formula is C14H12N2. The lowest BCUT2D eigenvalue weighted by molar-refractivity contribution is 1.19. The summed E-state index contributed by atoms with van der Waals surface area (Å²) in [5.74, 6) is 0. The number of nitrogen functional groups attached to an aromatic ring is 1. The monoisotopic (exact) mass is 208 g/mol. The molecule has 16 heavy (non-hydrogen) atoms. The number of para-hydroxylation sites is 1. The van der Waals surface area contributed by atoms with E-state index in [0.29, 0.717) is 5.56 Å². The van der Waals surface area contributed by atoms with E-state index in [9.17, 15) is 0 Å². The molecule has 2 aromatic rings. The smallest absolute Gasteiger partial charge is 0.0991 e. The lowest BCUT2D eigenvalue weighted by Gasteiger charge is -2.05. The van der Waals surface area contributed by atoms with E-state index >= 15 is 0 Å². The van der Waals surface area contributed by atoms with Crippen molar-refractivity contribution in [2.24, 2.45) is 0 Å². The van der Waals surface area contributed by atoms with Crippen LogP contribution < -0.4 is 5.73 Å². The minimum Gasteiger partial charge on any atom is -0.398 e. The van der Waals surface area contributed by atoms with Crippen LogP contribution in [0.1, 0.15) is 16.7 Å². The minimum absolute atomic E-state index is 0.685. The molecule has 0 aliphatic heterocycles. The summed E-state index contributed by atoms with van der Waals surface area (Å²) in [5.41, 5.74) is 9.65. The first-order valence-electron chi connectivity index (χ1n) is 5.12. The lowest BCUT2D eigenvalue weighted by Crippen LogP contribution is -1.95. The van der Waals surface area contributed by atoms with Gasteiger partial charge in [-0.15, -0.1) is 0 Å². The molecule has 0 amide bonds. The molecule has 0 aliphatic rings. The molecule has 0 bridgehead atoms. The van der Waals surface area contributed by atoms with Crippen molar-refractivity contribution >= 4 is 5.69 Å². The van der Waals surface area contributed by atoms with Crippen molar-refractivity contribution in [3.8, 4) is 6.07 Å². The average Bonchev–Trinajstić information content (AvgIpc) is 2.33. The predicted molar refractivity (Wildman–Crippen MR) is 64.8 cm³/mol. The molecule has 0 aliphatic carbocycles. The Morgan fingerprint density at radius 2 is 1.69 bits per heavy atom. The number of benzene rings is 2. The van der Waals surface area contributed by atoms with Gasteiger partial charge in [0.05, 0.1) is 11.6 Å². The van der Waals surface area contributed by atoms with Crippen molar-refractivity contribution < 1.29 is 0 Å². The zero-order valence-corrected chi connectivity index (χ0v) is 8.85. The molecule has 0 heterocycles. The van der Waals surface area contributed by atoms with Crippen LogP contribution in [0.3, 0.4) is 0 Å². The largest absolute Gasteiger partial charge is 0.398 e. The molecule has 2 heteroatoms. The highest BCUT2D eigenvalue weighted by Crippen LogP contribution is 2.16. The second-order valence-corrected chi connectivity index (χ2v) is 3.68. The van der Waals surface area contributed by atoms with Gasteiger partial charge in [-0.1, -0.05) is 30.3 Å². The van der Waals surface area contributed by atoms with Crippen molar-refractivity contribution in [1.29, 1.82) is 5.26 Å². The number of anilines is 1. The molecule has 0 atom stereocenters. The third-order valence-corrected chi connectivity index (χ3v) is 2.53. The fraction of sp³-hybridized carbons (Fsp3) is 0.0714. The van der Waals surface area contributed by atoms with Crippen LogP contribution in [0.25, 0.3) is 0 Å². The van der Waals surface area contributed by atoms with E-state index in [1.165, 1.54) is 0 Å². The summed E-state index contributed by atoms with van der Waals surface area (Å²) in [6.07, 6.45) is 0.804. The Kier molecular flexibility index (Phi) is 2.88. The molecule has 0 unspecified atom stereocenters. The SMILES string of the molecule is N#Cc1ccc(Cc2ccccc2N)cc1. The van der Waals surface area contributed by atoms with Crippen molar-refractivity contribution in [2.45, 2.75) is 6.42 Å². The highest BCUT2D eigenvalue weighted by Gasteiger charge is 1.99. The van der Waals surface area contributed by atoms with Gasteiger partial charge in [-0.2, -0.15) is 5.26 Å². The molecule has 0 fully saturated rings. The van der Waals surface area contributed by atoms with Crippen LogP contribution in [0.4, 0.5) is 5.69 Å². The normalized spacial score (nSPS) is 9.69. The molecule has 0 saturated heterocycles. The van der Waals surface area contributed by atoms with Gasteiger partial charge in [0.25, 0.3) is 0 Å². The molecule has 0 spiro atoms. The molecule has 2 rings (SSSR count). The Morgan fingerprint density at radius 1 is 1.00 bits per heavy atom. The van der Waals surface area contributed by atoms with Gasteiger partial charge in [0.15, 0.2) is 0 Å². The molecular weight excluding hydrogens is 196 g/mol. The average molecular weight is 208 g/mol. The second kappa shape index (κ2) is 4.50. The van der Waals surface area contributed by atoms with Gasteiger partial charge in [-0.25, -0.2) is 0 Å². The standard InChI is InChI=1S/C14H12N2/c15-10-12-7-5-11(6-8-12)9-13-3-1-2-4-14(13)16/h1-8H,9,16H2. The van der Waals surface area contributed by atoms with Gasteiger partial charge in [0.1, 0.15) is 0 Å². The van der Waals surface area contributed by atoms with Crippen LogP contribution in [0.2, 0.25) is 0 Å². The van der Waals surface area contributed by atoms with Crippen molar-refractivity contribution in [3.05, 3.63) is 65.2 Å². The summed E-state index contributed by atoms with van der Waals surface area (Å²) in [6, 6.07) is 17.5. The number of nitriles is 1. The maximum Gasteiger partial charge on any atom is 0.0991 e. The first kappa shape index (κ1) is 10.3. The van der Waals surface area contributed by atoms with Gasteiger partial charge in [-0.05, 0) is 35.7 Å². The highest BCUT2D eigenvalue weighted by molar-refractivity contribution is 5.48. The van der Waals surface area contributed by atoms with E-state index in [4.69, 9.17) is 11.0 Å². The van der Waals surface area contributed by atoms with E-state index in [0.717, 1.165) is 23.2 Å². The molecule has 0 aromatic heterocycles. The molecule has 0 saturated carbocycles. The highest BCUT2D eigenvalue weighted by atomic mass is 14.6. The van der Waals surface area contributed by atoms with Gasteiger partial charge < -0.3 is 5.73 Å². The number of nitrogens with zero attached hydrogens (tertiary/aromatic N) is 1. The van der Waals surface area contributed by atoms with Crippen LogP contribution in [0, 0.1) is 11.3 Å². The van der Waals surface area contributed by atoms with Gasteiger partial charge in [0.2, 0.25) is 0 Å². The summed E-state index contributed by atoms with van der Waals surface area (Å²) in [4.78, 5) is 0.